The SMILES string of the molecule is CC(C)N1CC2CCC1CC2Oc1cc(Cl)sc1C(=O)N[C@@H]1CCCN(c2cc(-c3ccc(-n4cnnn4)nc3)n3ncnc(N)c23)C1. The van der Waals surface area contributed by atoms with Crippen LogP contribution in [0.15, 0.2) is 43.1 Å². The number of nitrogens with one attached hydrogen (secondary N) is 1. The smallest absolute Gasteiger partial charge is 0.265 e. The number of nitrogens with two attached hydrogens (primary N) is 1. The summed E-state index contributed by atoms with van der Waals surface area (Å²) in [4.78, 5) is 28.0. The van der Waals surface area contributed by atoms with Gasteiger partial charge in [0.15, 0.2) is 11.6 Å². The Morgan fingerprint density at radius 2 is 2.06 bits per heavy atom. The summed E-state index contributed by atoms with van der Waals surface area (Å²) >= 11 is 7.75. The van der Waals surface area contributed by atoms with Crippen LogP contribution in [0.3, 0.4) is 0 Å². The number of tetrazole rings is 1. The highest BCUT2D eigenvalue weighted by Gasteiger charge is 2.43. The average molecular weight is 689 g/mol. The molecule has 4 fully saturated rings. The van der Waals surface area contributed by atoms with Crippen molar-refractivity contribution in [2.75, 3.05) is 30.3 Å². The monoisotopic (exact) mass is 688 g/mol. The van der Waals surface area contributed by atoms with Crippen LogP contribution in [-0.2, 0) is 0 Å². The standard InChI is InChI=1S/C32H37ClN12O2S/c1-18(2)43-14-20-5-7-22(43)10-25(20)47-26-12-27(33)48-30(26)32(46)39-21-4-3-9-42(15-21)24-11-23(45-29(24)31(34)36-16-38-45)19-6-8-28(35-13-19)44-17-37-40-41-44/h6,8,11-13,16-18,20-22,25H,3-5,7,9-10,14-15H2,1-2H3,(H,39,46)(H2,34,36,38)/t20?,21-,22?,25?/m1/s1. The predicted molar refractivity (Wildman–Crippen MR) is 183 cm³/mol. The summed E-state index contributed by atoms with van der Waals surface area (Å²) in [5.41, 5.74) is 9.71. The fourth-order valence-electron chi connectivity index (χ4n) is 7.63. The highest BCUT2D eigenvalue weighted by Crippen LogP contribution is 2.41. The van der Waals surface area contributed by atoms with E-state index in [0.29, 0.717) is 56.7 Å². The molecule has 4 atom stereocenters. The zero-order chi connectivity index (χ0) is 32.9. The Morgan fingerprint density at radius 3 is 2.81 bits per heavy atom. The van der Waals surface area contributed by atoms with Gasteiger partial charge in [0.25, 0.3) is 5.91 Å². The van der Waals surface area contributed by atoms with Crippen molar-refractivity contribution in [2.45, 2.75) is 70.2 Å². The Morgan fingerprint density at radius 1 is 1.17 bits per heavy atom. The van der Waals surface area contributed by atoms with E-state index in [4.69, 9.17) is 22.1 Å². The maximum absolute atomic E-state index is 13.8. The number of hydrogen-bond donors (Lipinski definition) is 2. The summed E-state index contributed by atoms with van der Waals surface area (Å²) in [7, 11) is 0. The minimum absolute atomic E-state index is 0.0910. The van der Waals surface area contributed by atoms with Crippen LogP contribution in [0.2, 0.25) is 4.34 Å². The molecule has 1 amide bonds. The van der Waals surface area contributed by atoms with Crippen LogP contribution in [0, 0.1) is 5.92 Å². The molecule has 16 heteroatoms. The number of nitrogen functional groups attached to an aromatic ring is 1. The van der Waals surface area contributed by atoms with Crippen molar-refractivity contribution >= 4 is 45.9 Å². The summed E-state index contributed by atoms with van der Waals surface area (Å²) in [6.45, 7) is 6.97. The van der Waals surface area contributed by atoms with Crippen LogP contribution in [0.5, 0.6) is 5.75 Å². The third-order valence-electron chi connectivity index (χ3n) is 9.92. The molecule has 1 saturated carbocycles. The lowest BCUT2D eigenvalue weighted by molar-refractivity contribution is -0.0500. The fourth-order valence-corrected chi connectivity index (χ4v) is 8.68. The second-order valence-corrected chi connectivity index (χ2v) is 14.8. The number of anilines is 2. The van der Waals surface area contributed by atoms with Crippen LogP contribution in [0.25, 0.3) is 22.6 Å². The largest absolute Gasteiger partial charge is 0.488 e. The highest BCUT2D eigenvalue weighted by atomic mass is 35.5. The Hall–Kier alpha value is -4.34. The van der Waals surface area contributed by atoms with Crippen LogP contribution in [-0.4, -0.2) is 94.5 Å². The number of carbonyl (C=O) groups excluding carboxylic acids is 1. The number of nitrogens with zero attached hydrogens (tertiary/aromatic N) is 10. The van der Waals surface area contributed by atoms with Crippen molar-refractivity contribution in [2.24, 2.45) is 5.92 Å². The third-order valence-corrected chi connectivity index (χ3v) is 11.2. The Kier molecular flexibility index (Phi) is 8.13. The van der Waals surface area contributed by atoms with Crippen molar-refractivity contribution < 1.29 is 9.53 Å². The number of piperidine rings is 3. The van der Waals surface area contributed by atoms with Gasteiger partial charge in [-0.05, 0) is 68.2 Å². The van der Waals surface area contributed by atoms with Crippen molar-refractivity contribution in [1.82, 2.24) is 50.0 Å². The number of aromatic nitrogens is 8. The Bertz CT molecular complexity index is 1930. The normalized spacial score (nSPS) is 22.9. The number of ether oxygens (including phenoxy) is 1. The van der Waals surface area contributed by atoms with Crippen LogP contribution in [0.1, 0.15) is 55.6 Å². The molecule has 1 aliphatic carbocycles. The fraction of sp³-hybridized carbons (Fsp3) is 0.469. The van der Waals surface area contributed by atoms with E-state index in [1.54, 1.807) is 16.8 Å². The van der Waals surface area contributed by atoms with Gasteiger partial charge in [-0.1, -0.05) is 11.6 Å². The first-order chi connectivity index (χ1) is 23.3. The van der Waals surface area contributed by atoms with Crippen molar-refractivity contribution in [3.05, 3.63) is 52.3 Å². The number of rotatable bonds is 8. The topological polar surface area (TPSA) is 158 Å². The number of halogens is 1. The lowest BCUT2D eigenvalue weighted by atomic mass is 9.77. The molecule has 5 aromatic heterocycles. The molecule has 3 unspecified atom stereocenters. The van der Waals surface area contributed by atoms with E-state index in [-0.39, 0.29) is 18.1 Å². The molecule has 2 bridgehead atoms. The lowest BCUT2D eigenvalue weighted by Gasteiger charge is -2.50. The second-order valence-electron chi connectivity index (χ2n) is 13.2. The maximum atomic E-state index is 13.8. The van der Waals surface area contributed by atoms with Crippen molar-refractivity contribution in [1.29, 1.82) is 0 Å². The summed E-state index contributed by atoms with van der Waals surface area (Å²) in [6, 6.07) is 8.61. The van der Waals surface area contributed by atoms with E-state index < -0.39 is 0 Å². The van der Waals surface area contributed by atoms with E-state index >= 15 is 0 Å². The number of hydrogen-bond acceptors (Lipinski definition) is 12. The van der Waals surface area contributed by atoms with Crippen LogP contribution < -0.4 is 20.7 Å². The van der Waals surface area contributed by atoms with E-state index in [2.05, 4.69) is 65.6 Å². The van der Waals surface area contributed by atoms with Gasteiger partial charge in [-0.3, -0.25) is 9.69 Å². The average Bonchev–Trinajstić information content (AvgIpc) is 3.85. The zero-order valence-corrected chi connectivity index (χ0v) is 28.3. The number of pyridine rings is 1. The van der Waals surface area contributed by atoms with Gasteiger partial charge in [0.05, 0.1) is 15.7 Å². The zero-order valence-electron chi connectivity index (χ0n) is 26.7. The first-order valence-electron chi connectivity index (χ1n) is 16.4. The first-order valence-corrected chi connectivity index (χ1v) is 17.6. The maximum Gasteiger partial charge on any atom is 0.265 e. The predicted octanol–water partition coefficient (Wildman–Crippen LogP) is 4.10. The number of carbonyl (C=O) groups is 1. The lowest BCUT2D eigenvalue weighted by Crippen LogP contribution is -2.57. The van der Waals surface area contributed by atoms with Gasteiger partial charge in [0.1, 0.15) is 34.9 Å². The van der Waals surface area contributed by atoms with Gasteiger partial charge in [-0.15, -0.1) is 16.4 Å². The van der Waals surface area contributed by atoms with Gasteiger partial charge < -0.3 is 20.7 Å². The molecule has 0 radical (unpaired) electrons. The third kappa shape index (κ3) is 5.73. The van der Waals surface area contributed by atoms with Gasteiger partial charge in [-0.2, -0.15) is 9.78 Å². The Labute approximate surface area is 286 Å². The molecular formula is C32H37ClN12O2S. The molecule has 8 heterocycles. The van der Waals surface area contributed by atoms with E-state index in [9.17, 15) is 4.79 Å². The summed E-state index contributed by atoms with van der Waals surface area (Å²) < 4.78 is 10.4. The molecule has 0 spiro atoms. The molecule has 9 rings (SSSR count). The van der Waals surface area contributed by atoms with Gasteiger partial charge in [0, 0.05) is 67.9 Å². The van der Waals surface area contributed by atoms with E-state index in [1.165, 1.54) is 35.1 Å². The first kappa shape index (κ1) is 31.0. The van der Waals surface area contributed by atoms with E-state index in [1.807, 2.05) is 12.1 Å². The van der Waals surface area contributed by atoms with Crippen LogP contribution in [0.4, 0.5) is 11.5 Å². The number of fused-ring (bicyclic) bond motifs is 4. The molecule has 0 aromatic carbocycles. The number of thiophene rings is 1. The minimum atomic E-state index is -0.155. The quantitative estimate of drug-likeness (QED) is 0.242. The molecule has 250 valence electrons. The molecule has 14 nitrogen and oxygen atoms in total. The summed E-state index contributed by atoms with van der Waals surface area (Å²) in [5, 5.41) is 19.1. The summed E-state index contributed by atoms with van der Waals surface area (Å²) in [5.74, 6) is 1.86. The summed E-state index contributed by atoms with van der Waals surface area (Å²) in [6.07, 6.45) is 9.87. The molecule has 3 aliphatic heterocycles. The molecule has 5 aromatic rings. The second kappa shape index (κ2) is 12.6. The van der Waals surface area contributed by atoms with Crippen molar-refractivity contribution in [3.8, 4) is 22.8 Å². The molecule has 3 N–H and O–H groups in total. The van der Waals surface area contributed by atoms with E-state index in [0.717, 1.165) is 55.7 Å². The highest BCUT2D eigenvalue weighted by molar-refractivity contribution is 7.18. The van der Waals surface area contributed by atoms with Crippen LogP contribution >= 0.6 is 22.9 Å². The minimum Gasteiger partial charge on any atom is -0.488 e. The number of amides is 1. The molecule has 4 aliphatic rings. The van der Waals surface area contributed by atoms with Gasteiger partial charge >= 0.3 is 0 Å². The Balaban J connectivity index is 0.998. The van der Waals surface area contributed by atoms with Gasteiger partial charge in [-0.25, -0.2) is 14.5 Å². The van der Waals surface area contributed by atoms with Gasteiger partial charge in [0.2, 0.25) is 0 Å². The molecular weight excluding hydrogens is 652 g/mol. The molecule has 3 saturated heterocycles. The van der Waals surface area contributed by atoms with Crippen molar-refractivity contribution in [3.63, 3.8) is 0 Å². The molecule has 48 heavy (non-hydrogen) atoms.